The number of benzene rings is 1. The van der Waals surface area contributed by atoms with E-state index in [1.54, 1.807) is 6.07 Å². The van der Waals surface area contributed by atoms with Gasteiger partial charge in [-0.3, -0.25) is 0 Å². The van der Waals surface area contributed by atoms with Gasteiger partial charge in [-0.1, -0.05) is 11.6 Å². The third kappa shape index (κ3) is 1.73. The first-order chi connectivity index (χ1) is 6.81. The Morgan fingerprint density at radius 1 is 1.29 bits per heavy atom. The minimum atomic E-state index is 0.587. The molecule has 0 unspecified atom stereocenters. The molecule has 14 heavy (non-hydrogen) atoms. The van der Waals surface area contributed by atoms with Crippen LogP contribution in [0.25, 0.3) is 0 Å². The Hall–Kier alpha value is -1.09. The molecule has 0 bridgehead atoms. The van der Waals surface area contributed by atoms with E-state index in [0.29, 0.717) is 18.2 Å². The fourth-order valence-electron chi connectivity index (χ4n) is 1.39. The third-order valence-corrected chi connectivity index (χ3v) is 2.31. The highest BCUT2D eigenvalue weighted by Crippen LogP contribution is 2.37. The Morgan fingerprint density at radius 3 is 2.57 bits per heavy atom. The normalized spacial score (nSPS) is 13.9. The predicted octanol–water partition coefficient (Wildman–Crippen LogP) is 2.54. The number of fused-ring (bicyclic) bond motifs is 1. The van der Waals surface area contributed by atoms with Gasteiger partial charge in [0.15, 0.2) is 11.5 Å². The number of rotatable bonds is 2. The zero-order chi connectivity index (χ0) is 9.97. The molecule has 0 aromatic heterocycles. The van der Waals surface area contributed by atoms with Crippen molar-refractivity contribution in [3.8, 4) is 11.5 Å². The summed E-state index contributed by atoms with van der Waals surface area (Å²) in [5.41, 5.74) is 0.887. The molecule has 1 aromatic carbocycles. The second-order valence-corrected chi connectivity index (χ2v) is 3.41. The summed E-state index contributed by atoms with van der Waals surface area (Å²) in [5, 5.41) is 3.82. The molecule has 0 amide bonds. The third-order valence-electron chi connectivity index (χ3n) is 2.00. The van der Waals surface area contributed by atoms with E-state index in [0.717, 1.165) is 23.7 Å². The second-order valence-electron chi connectivity index (χ2n) is 3.01. The molecule has 1 N–H and O–H groups in total. The topological polar surface area (TPSA) is 30.5 Å². The fraction of sp³-hybridized carbons (Fsp3) is 0.400. The molecule has 0 saturated heterocycles. The van der Waals surface area contributed by atoms with Crippen LogP contribution in [0.1, 0.15) is 6.92 Å². The average Bonchev–Trinajstić information content (AvgIpc) is 2.19. The fourth-order valence-corrected chi connectivity index (χ4v) is 1.61. The van der Waals surface area contributed by atoms with Crippen molar-refractivity contribution in [2.75, 3.05) is 25.1 Å². The van der Waals surface area contributed by atoms with E-state index >= 15 is 0 Å². The largest absolute Gasteiger partial charge is 0.486 e. The lowest BCUT2D eigenvalue weighted by atomic mass is 10.2. The molecule has 0 spiro atoms. The summed E-state index contributed by atoms with van der Waals surface area (Å²) in [4.78, 5) is 0. The first kappa shape index (κ1) is 9.46. The molecule has 0 saturated carbocycles. The first-order valence-electron chi connectivity index (χ1n) is 4.64. The summed E-state index contributed by atoms with van der Waals surface area (Å²) >= 11 is 6.04. The van der Waals surface area contributed by atoms with Gasteiger partial charge in [0, 0.05) is 18.7 Å². The quantitative estimate of drug-likeness (QED) is 0.819. The molecule has 0 fully saturated rings. The van der Waals surface area contributed by atoms with Crippen molar-refractivity contribution in [1.29, 1.82) is 0 Å². The summed E-state index contributed by atoms with van der Waals surface area (Å²) < 4.78 is 10.8. The maximum atomic E-state index is 6.04. The molecule has 1 aliphatic heterocycles. The monoisotopic (exact) mass is 213 g/mol. The lowest BCUT2D eigenvalue weighted by molar-refractivity contribution is 0.171. The molecule has 1 aromatic rings. The van der Waals surface area contributed by atoms with Crippen molar-refractivity contribution in [3.05, 3.63) is 17.2 Å². The van der Waals surface area contributed by atoms with Gasteiger partial charge in [-0.2, -0.15) is 0 Å². The zero-order valence-corrected chi connectivity index (χ0v) is 8.73. The molecule has 1 aliphatic rings. The average molecular weight is 214 g/mol. The highest BCUT2D eigenvalue weighted by atomic mass is 35.5. The van der Waals surface area contributed by atoms with Crippen LogP contribution in [0.2, 0.25) is 5.02 Å². The number of ether oxygens (including phenoxy) is 2. The second kappa shape index (κ2) is 3.96. The van der Waals surface area contributed by atoms with Crippen molar-refractivity contribution in [1.82, 2.24) is 0 Å². The van der Waals surface area contributed by atoms with Gasteiger partial charge in [0.05, 0.1) is 10.7 Å². The van der Waals surface area contributed by atoms with E-state index in [-0.39, 0.29) is 0 Å². The van der Waals surface area contributed by atoms with Gasteiger partial charge in [0.25, 0.3) is 0 Å². The Morgan fingerprint density at radius 2 is 1.93 bits per heavy atom. The Balaban J connectivity index is 2.35. The van der Waals surface area contributed by atoms with Crippen molar-refractivity contribution in [2.45, 2.75) is 6.92 Å². The van der Waals surface area contributed by atoms with E-state index in [9.17, 15) is 0 Å². The van der Waals surface area contributed by atoms with Crippen LogP contribution in [-0.4, -0.2) is 19.8 Å². The molecule has 2 rings (SSSR count). The standard InChI is InChI=1S/C10H12ClNO2/c1-2-12-8-6-10-9(5-7(8)11)13-3-4-14-10/h5-6,12H,2-4H2,1H3. The molecule has 1 heterocycles. The van der Waals surface area contributed by atoms with Gasteiger partial charge in [-0.05, 0) is 6.92 Å². The smallest absolute Gasteiger partial charge is 0.163 e. The summed E-state index contributed by atoms with van der Waals surface area (Å²) in [5.74, 6) is 1.49. The van der Waals surface area contributed by atoms with Gasteiger partial charge in [0.1, 0.15) is 13.2 Å². The van der Waals surface area contributed by atoms with Crippen molar-refractivity contribution in [3.63, 3.8) is 0 Å². The number of hydrogen-bond donors (Lipinski definition) is 1. The zero-order valence-electron chi connectivity index (χ0n) is 7.97. The predicted molar refractivity (Wildman–Crippen MR) is 56.6 cm³/mol. The summed E-state index contributed by atoms with van der Waals surface area (Å²) in [6, 6.07) is 3.66. The highest BCUT2D eigenvalue weighted by Gasteiger charge is 2.14. The number of halogens is 1. The first-order valence-corrected chi connectivity index (χ1v) is 5.02. The van der Waals surface area contributed by atoms with E-state index in [1.165, 1.54) is 0 Å². The molecule has 0 radical (unpaired) electrons. The van der Waals surface area contributed by atoms with Crippen LogP contribution in [-0.2, 0) is 0 Å². The van der Waals surface area contributed by atoms with Gasteiger partial charge in [-0.25, -0.2) is 0 Å². The maximum Gasteiger partial charge on any atom is 0.163 e. The van der Waals surface area contributed by atoms with Crippen LogP contribution < -0.4 is 14.8 Å². The van der Waals surface area contributed by atoms with Crippen LogP contribution >= 0.6 is 11.6 Å². The van der Waals surface area contributed by atoms with Gasteiger partial charge in [0.2, 0.25) is 0 Å². The minimum absolute atomic E-state index is 0.587. The molecule has 76 valence electrons. The molecule has 0 atom stereocenters. The van der Waals surface area contributed by atoms with Crippen molar-refractivity contribution in [2.24, 2.45) is 0 Å². The van der Waals surface area contributed by atoms with Crippen LogP contribution in [0.15, 0.2) is 12.1 Å². The Bertz CT molecular complexity index is 341. The lowest BCUT2D eigenvalue weighted by Crippen LogP contribution is -2.15. The van der Waals surface area contributed by atoms with E-state index < -0.39 is 0 Å². The Kier molecular flexibility index (Phi) is 2.68. The van der Waals surface area contributed by atoms with Gasteiger partial charge >= 0.3 is 0 Å². The number of hydrogen-bond acceptors (Lipinski definition) is 3. The van der Waals surface area contributed by atoms with Crippen molar-refractivity contribution >= 4 is 17.3 Å². The molecule has 3 nitrogen and oxygen atoms in total. The van der Waals surface area contributed by atoms with Crippen LogP contribution in [0.3, 0.4) is 0 Å². The van der Waals surface area contributed by atoms with Crippen LogP contribution in [0.4, 0.5) is 5.69 Å². The SMILES string of the molecule is CCNc1cc2c(cc1Cl)OCCO2. The highest BCUT2D eigenvalue weighted by molar-refractivity contribution is 6.33. The van der Waals surface area contributed by atoms with E-state index in [1.807, 2.05) is 13.0 Å². The van der Waals surface area contributed by atoms with Crippen molar-refractivity contribution < 1.29 is 9.47 Å². The summed E-state index contributed by atoms with van der Waals surface area (Å²) in [6.07, 6.45) is 0. The molecule has 4 heteroatoms. The molecular formula is C10H12ClNO2. The maximum absolute atomic E-state index is 6.04. The number of anilines is 1. The van der Waals surface area contributed by atoms with Gasteiger partial charge in [-0.15, -0.1) is 0 Å². The van der Waals surface area contributed by atoms with Crippen LogP contribution in [0.5, 0.6) is 11.5 Å². The Labute approximate surface area is 88.0 Å². The summed E-state index contributed by atoms with van der Waals surface area (Å²) in [6.45, 7) is 4.04. The molecule has 0 aliphatic carbocycles. The van der Waals surface area contributed by atoms with Crippen LogP contribution in [0, 0.1) is 0 Å². The van der Waals surface area contributed by atoms with Gasteiger partial charge < -0.3 is 14.8 Å². The van der Waals surface area contributed by atoms with E-state index in [2.05, 4.69) is 5.32 Å². The number of nitrogens with one attached hydrogen (secondary N) is 1. The minimum Gasteiger partial charge on any atom is -0.486 e. The molecular weight excluding hydrogens is 202 g/mol. The summed E-state index contributed by atoms with van der Waals surface area (Å²) in [7, 11) is 0. The van der Waals surface area contributed by atoms with E-state index in [4.69, 9.17) is 21.1 Å². The lowest BCUT2D eigenvalue weighted by Gasteiger charge is -2.19.